The van der Waals surface area contributed by atoms with E-state index >= 15 is 0 Å². The van der Waals surface area contributed by atoms with Gasteiger partial charge in [-0.15, -0.1) is 0 Å². The minimum Gasteiger partial charge on any atom is -0.388 e. The summed E-state index contributed by atoms with van der Waals surface area (Å²) in [6.45, 7) is 4.92. The Balaban J connectivity index is 1.64. The van der Waals surface area contributed by atoms with Gasteiger partial charge < -0.3 is 5.11 Å². The molecule has 0 heterocycles. The van der Waals surface area contributed by atoms with E-state index in [1.807, 2.05) is 0 Å². The van der Waals surface area contributed by atoms with Gasteiger partial charge in [0.25, 0.3) is 0 Å². The molecule has 0 radical (unpaired) electrons. The van der Waals surface area contributed by atoms with Crippen molar-refractivity contribution in [3.8, 4) is 6.07 Å². The molecule has 0 amide bonds. The molecule has 2 heteroatoms. The number of hydrogen-bond donors (Lipinski definition) is 1. The van der Waals surface area contributed by atoms with Crippen LogP contribution in [0.5, 0.6) is 0 Å². The SMILES string of the molecule is C[C@@]12CCCC[C@H]1CC[C@H]1[C@H]3CC[C@](O)(CC#N)[C@]3(C)CC[C@@H]12. The van der Waals surface area contributed by atoms with Crippen molar-refractivity contribution in [3.63, 3.8) is 0 Å². The highest BCUT2D eigenvalue weighted by Gasteiger charge is 2.64. The van der Waals surface area contributed by atoms with Crippen LogP contribution in [0, 0.1) is 45.8 Å². The predicted octanol–water partition coefficient (Wildman–Crippen LogP) is 5.06. The molecule has 4 saturated carbocycles. The molecule has 0 spiro atoms. The lowest BCUT2D eigenvalue weighted by atomic mass is 9.44. The highest BCUT2D eigenvalue weighted by Crippen LogP contribution is 2.68. The van der Waals surface area contributed by atoms with E-state index in [0.717, 1.165) is 37.0 Å². The zero-order valence-corrected chi connectivity index (χ0v) is 15.0. The van der Waals surface area contributed by atoms with Crippen LogP contribution in [0.1, 0.15) is 84.5 Å². The molecule has 128 valence electrons. The summed E-state index contributed by atoms with van der Waals surface area (Å²) in [5, 5.41) is 20.4. The first-order chi connectivity index (χ1) is 10.9. The van der Waals surface area contributed by atoms with Gasteiger partial charge in [-0.05, 0) is 80.5 Å². The second-order valence-corrected chi connectivity index (χ2v) is 9.76. The maximum atomic E-state index is 11.2. The van der Waals surface area contributed by atoms with Crippen LogP contribution in [-0.4, -0.2) is 10.7 Å². The number of nitrogens with zero attached hydrogens (tertiary/aromatic N) is 1. The third-order valence-electron chi connectivity index (χ3n) is 9.28. The Kier molecular flexibility index (Phi) is 3.62. The van der Waals surface area contributed by atoms with Gasteiger partial charge in [0.15, 0.2) is 0 Å². The van der Waals surface area contributed by atoms with Crippen molar-refractivity contribution in [1.82, 2.24) is 0 Å². The Morgan fingerprint density at radius 1 is 0.957 bits per heavy atom. The van der Waals surface area contributed by atoms with E-state index in [0.29, 0.717) is 17.8 Å². The van der Waals surface area contributed by atoms with E-state index < -0.39 is 5.60 Å². The van der Waals surface area contributed by atoms with Crippen molar-refractivity contribution < 1.29 is 5.11 Å². The molecule has 7 atom stereocenters. The monoisotopic (exact) mass is 315 g/mol. The van der Waals surface area contributed by atoms with Crippen molar-refractivity contribution in [2.75, 3.05) is 0 Å². The zero-order chi connectivity index (χ0) is 16.3. The Bertz CT molecular complexity index is 524. The van der Waals surface area contributed by atoms with Gasteiger partial charge in [0.05, 0.1) is 18.1 Å². The lowest BCUT2D eigenvalue weighted by Gasteiger charge is -2.61. The van der Waals surface area contributed by atoms with Gasteiger partial charge in [-0.25, -0.2) is 0 Å². The van der Waals surface area contributed by atoms with Crippen LogP contribution in [0.4, 0.5) is 0 Å². The predicted molar refractivity (Wildman–Crippen MR) is 91.5 cm³/mol. The van der Waals surface area contributed by atoms with E-state index in [-0.39, 0.29) is 5.41 Å². The highest BCUT2D eigenvalue weighted by atomic mass is 16.3. The van der Waals surface area contributed by atoms with Crippen molar-refractivity contribution in [2.24, 2.45) is 34.5 Å². The molecule has 4 aliphatic carbocycles. The highest BCUT2D eigenvalue weighted by molar-refractivity contribution is 5.15. The molecule has 0 unspecified atom stereocenters. The lowest BCUT2D eigenvalue weighted by molar-refractivity contribution is -0.149. The van der Waals surface area contributed by atoms with Crippen LogP contribution < -0.4 is 0 Å². The fourth-order valence-electron chi connectivity index (χ4n) is 7.83. The summed E-state index contributed by atoms with van der Waals surface area (Å²) >= 11 is 0. The summed E-state index contributed by atoms with van der Waals surface area (Å²) in [5.74, 6) is 3.30. The minimum absolute atomic E-state index is 0.0121. The maximum absolute atomic E-state index is 11.2. The molecule has 4 fully saturated rings. The van der Waals surface area contributed by atoms with Gasteiger partial charge in [0.2, 0.25) is 0 Å². The van der Waals surface area contributed by atoms with Crippen LogP contribution >= 0.6 is 0 Å². The van der Waals surface area contributed by atoms with E-state index in [9.17, 15) is 10.4 Å². The van der Waals surface area contributed by atoms with Crippen LogP contribution in [0.15, 0.2) is 0 Å². The van der Waals surface area contributed by atoms with Crippen LogP contribution in [-0.2, 0) is 0 Å². The molecular formula is C21H33NO. The van der Waals surface area contributed by atoms with Gasteiger partial charge >= 0.3 is 0 Å². The van der Waals surface area contributed by atoms with Gasteiger partial charge in [-0.2, -0.15) is 5.26 Å². The van der Waals surface area contributed by atoms with Gasteiger partial charge in [-0.1, -0.05) is 26.7 Å². The summed E-state index contributed by atoms with van der Waals surface area (Å²) in [7, 11) is 0. The molecule has 23 heavy (non-hydrogen) atoms. The molecule has 0 aromatic carbocycles. The van der Waals surface area contributed by atoms with E-state index in [1.165, 1.54) is 44.9 Å². The lowest BCUT2D eigenvalue weighted by Crippen LogP contribution is -2.56. The minimum atomic E-state index is -0.721. The first kappa shape index (κ1) is 15.9. The first-order valence-corrected chi connectivity index (χ1v) is 10.0. The molecule has 0 aromatic rings. The Hall–Kier alpha value is -0.550. The number of fused-ring (bicyclic) bond motifs is 5. The molecule has 0 aliphatic heterocycles. The van der Waals surface area contributed by atoms with Crippen molar-refractivity contribution in [2.45, 2.75) is 90.1 Å². The standard InChI is InChI=1S/C21H33NO/c1-19-10-4-3-5-15(19)6-7-16-17(19)8-11-20(2)18(16)9-12-21(20,23)13-14-22/h15-18,23H,3-13H2,1-2H3/t15-,16+,17-,18+,19+,20+,21-/m0/s1. The summed E-state index contributed by atoms with van der Waals surface area (Å²) in [6.07, 6.45) is 13.3. The Morgan fingerprint density at radius 2 is 1.74 bits per heavy atom. The zero-order valence-electron chi connectivity index (χ0n) is 15.0. The smallest absolute Gasteiger partial charge is 0.0833 e. The third-order valence-corrected chi connectivity index (χ3v) is 9.28. The largest absolute Gasteiger partial charge is 0.388 e. The fourth-order valence-corrected chi connectivity index (χ4v) is 7.83. The normalized spacial score (nSPS) is 55.4. The average Bonchev–Trinajstić information content (AvgIpc) is 2.79. The van der Waals surface area contributed by atoms with E-state index in [1.54, 1.807) is 0 Å². The number of nitriles is 1. The van der Waals surface area contributed by atoms with Crippen LogP contribution in [0.2, 0.25) is 0 Å². The van der Waals surface area contributed by atoms with Crippen LogP contribution in [0.3, 0.4) is 0 Å². The number of rotatable bonds is 1. The van der Waals surface area contributed by atoms with E-state index in [2.05, 4.69) is 19.9 Å². The molecule has 0 bridgehead atoms. The van der Waals surface area contributed by atoms with Crippen molar-refractivity contribution in [3.05, 3.63) is 0 Å². The third kappa shape index (κ3) is 2.02. The van der Waals surface area contributed by atoms with Crippen LogP contribution in [0.25, 0.3) is 0 Å². The quantitative estimate of drug-likeness (QED) is 0.734. The molecule has 4 aliphatic rings. The molecular weight excluding hydrogens is 282 g/mol. The number of aliphatic hydroxyl groups is 1. The summed E-state index contributed by atoms with van der Waals surface area (Å²) < 4.78 is 0. The van der Waals surface area contributed by atoms with E-state index in [4.69, 9.17) is 0 Å². The summed E-state index contributed by atoms with van der Waals surface area (Å²) in [6, 6.07) is 2.28. The second-order valence-electron chi connectivity index (χ2n) is 9.76. The Labute approximate surface area is 141 Å². The van der Waals surface area contributed by atoms with Gasteiger partial charge in [-0.3, -0.25) is 0 Å². The summed E-state index contributed by atoms with van der Waals surface area (Å²) in [5.41, 5.74) is -0.165. The fraction of sp³-hybridized carbons (Fsp3) is 0.952. The second kappa shape index (κ2) is 5.22. The molecule has 0 saturated heterocycles. The van der Waals surface area contributed by atoms with Gasteiger partial charge in [0.1, 0.15) is 0 Å². The topological polar surface area (TPSA) is 44.0 Å². The maximum Gasteiger partial charge on any atom is 0.0833 e. The molecule has 2 nitrogen and oxygen atoms in total. The van der Waals surface area contributed by atoms with Crippen molar-refractivity contribution >= 4 is 0 Å². The molecule has 1 N–H and O–H groups in total. The molecule has 0 aromatic heterocycles. The summed E-state index contributed by atoms with van der Waals surface area (Å²) in [4.78, 5) is 0. The molecule has 4 rings (SSSR count). The first-order valence-electron chi connectivity index (χ1n) is 10.0. The van der Waals surface area contributed by atoms with Crippen molar-refractivity contribution in [1.29, 1.82) is 5.26 Å². The van der Waals surface area contributed by atoms with Gasteiger partial charge in [0, 0.05) is 5.41 Å². The average molecular weight is 316 g/mol. The number of hydrogen-bond acceptors (Lipinski definition) is 2. The Morgan fingerprint density at radius 3 is 2.52 bits per heavy atom.